The fourth-order valence-electron chi connectivity index (χ4n) is 1.72. The normalized spacial score (nSPS) is 10.6. The first-order valence-electron chi connectivity index (χ1n) is 6.95. The van der Waals surface area contributed by atoms with Crippen LogP contribution in [0.1, 0.15) is 42.1 Å². The number of amides is 1. The van der Waals surface area contributed by atoms with Crippen LogP contribution in [0.15, 0.2) is 6.20 Å². The standard InChI is InChI=1S/C13H19N5O2S/c1-4-6-18-8-10(12(17-18)20-7-5-2)11(19)14-13-16-15-9(3)21-13/h8H,4-7H2,1-3H3,(H,14,16,19). The molecule has 0 bridgehead atoms. The predicted molar refractivity (Wildman–Crippen MR) is 80.9 cm³/mol. The summed E-state index contributed by atoms with van der Waals surface area (Å²) in [6, 6.07) is 0. The third-order valence-electron chi connectivity index (χ3n) is 2.61. The number of nitrogens with zero attached hydrogens (tertiary/aromatic N) is 4. The number of nitrogens with one attached hydrogen (secondary N) is 1. The molecule has 0 spiro atoms. The summed E-state index contributed by atoms with van der Waals surface area (Å²) < 4.78 is 7.28. The maximum Gasteiger partial charge on any atom is 0.264 e. The highest BCUT2D eigenvalue weighted by Gasteiger charge is 2.19. The molecular formula is C13H19N5O2S. The Hall–Kier alpha value is -1.96. The molecule has 21 heavy (non-hydrogen) atoms. The third kappa shape index (κ3) is 4.01. The van der Waals surface area contributed by atoms with Gasteiger partial charge in [-0.05, 0) is 19.8 Å². The molecule has 2 heterocycles. The van der Waals surface area contributed by atoms with Crippen molar-refractivity contribution < 1.29 is 9.53 Å². The number of hydrogen-bond donors (Lipinski definition) is 1. The number of aromatic nitrogens is 4. The third-order valence-corrected chi connectivity index (χ3v) is 3.37. The molecule has 0 aromatic carbocycles. The first kappa shape index (κ1) is 15.4. The molecule has 1 N–H and O–H groups in total. The molecule has 0 aliphatic heterocycles. The molecule has 114 valence electrons. The van der Waals surface area contributed by atoms with Crippen LogP contribution in [0.4, 0.5) is 5.13 Å². The summed E-state index contributed by atoms with van der Waals surface area (Å²) in [5.74, 6) is 0.0867. The monoisotopic (exact) mass is 309 g/mol. The van der Waals surface area contributed by atoms with Crippen molar-refractivity contribution in [3.8, 4) is 5.88 Å². The number of anilines is 1. The second kappa shape index (κ2) is 7.16. The van der Waals surface area contributed by atoms with Gasteiger partial charge in [0.1, 0.15) is 10.6 Å². The number of carbonyl (C=O) groups is 1. The highest BCUT2D eigenvalue weighted by atomic mass is 32.1. The van der Waals surface area contributed by atoms with E-state index in [2.05, 4.69) is 27.5 Å². The van der Waals surface area contributed by atoms with Gasteiger partial charge in [-0.25, -0.2) is 0 Å². The Morgan fingerprint density at radius 3 is 2.81 bits per heavy atom. The minimum atomic E-state index is -0.278. The molecule has 0 fully saturated rings. The van der Waals surface area contributed by atoms with Gasteiger partial charge in [0.2, 0.25) is 11.0 Å². The Morgan fingerprint density at radius 2 is 2.19 bits per heavy atom. The summed E-state index contributed by atoms with van der Waals surface area (Å²) in [6.07, 6.45) is 3.50. The van der Waals surface area contributed by atoms with Gasteiger partial charge in [0, 0.05) is 12.7 Å². The molecule has 0 aliphatic rings. The zero-order chi connectivity index (χ0) is 15.2. The van der Waals surface area contributed by atoms with E-state index in [1.54, 1.807) is 10.9 Å². The summed E-state index contributed by atoms with van der Waals surface area (Å²) >= 11 is 1.33. The Bertz CT molecular complexity index is 607. The maximum absolute atomic E-state index is 12.3. The molecule has 0 saturated heterocycles. The van der Waals surface area contributed by atoms with Crippen molar-refractivity contribution >= 4 is 22.4 Å². The Balaban J connectivity index is 2.16. The first-order valence-corrected chi connectivity index (χ1v) is 7.77. The van der Waals surface area contributed by atoms with E-state index in [4.69, 9.17) is 4.74 Å². The fraction of sp³-hybridized carbons (Fsp3) is 0.538. The van der Waals surface area contributed by atoms with E-state index in [1.165, 1.54) is 11.3 Å². The Kier molecular flexibility index (Phi) is 5.26. The van der Waals surface area contributed by atoms with Crippen LogP contribution in [0, 0.1) is 6.92 Å². The zero-order valence-electron chi connectivity index (χ0n) is 12.4. The van der Waals surface area contributed by atoms with E-state index in [0.717, 1.165) is 24.4 Å². The fourth-order valence-corrected chi connectivity index (χ4v) is 2.31. The van der Waals surface area contributed by atoms with Crippen LogP contribution in [0.3, 0.4) is 0 Å². The van der Waals surface area contributed by atoms with Crippen LogP contribution in [0.2, 0.25) is 0 Å². The molecule has 8 heteroatoms. The molecule has 2 aromatic rings. The quantitative estimate of drug-likeness (QED) is 0.849. The average Bonchev–Trinajstić information content (AvgIpc) is 3.03. The Labute approximate surface area is 127 Å². The highest BCUT2D eigenvalue weighted by molar-refractivity contribution is 7.15. The predicted octanol–water partition coefficient (Wildman–Crippen LogP) is 2.49. The number of aryl methyl sites for hydroxylation is 2. The molecule has 0 radical (unpaired) electrons. The van der Waals surface area contributed by atoms with Crippen molar-refractivity contribution in [3.63, 3.8) is 0 Å². The number of rotatable bonds is 7. The van der Waals surface area contributed by atoms with Crippen LogP contribution in [0.5, 0.6) is 5.88 Å². The molecule has 2 rings (SSSR count). The highest BCUT2D eigenvalue weighted by Crippen LogP contribution is 2.20. The molecular weight excluding hydrogens is 290 g/mol. The van der Waals surface area contributed by atoms with E-state index in [1.807, 2.05) is 13.8 Å². The van der Waals surface area contributed by atoms with Crippen molar-refractivity contribution in [3.05, 3.63) is 16.8 Å². The van der Waals surface area contributed by atoms with Crippen LogP contribution in [0.25, 0.3) is 0 Å². The van der Waals surface area contributed by atoms with Crippen LogP contribution in [-0.2, 0) is 6.54 Å². The largest absolute Gasteiger partial charge is 0.476 e. The summed E-state index contributed by atoms with van der Waals surface area (Å²) in [5, 5.41) is 16.1. The van der Waals surface area contributed by atoms with Gasteiger partial charge in [0.15, 0.2) is 0 Å². The average molecular weight is 309 g/mol. The van der Waals surface area contributed by atoms with Gasteiger partial charge in [-0.2, -0.15) is 0 Å². The van der Waals surface area contributed by atoms with Crippen LogP contribution in [-0.4, -0.2) is 32.5 Å². The van der Waals surface area contributed by atoms with Gasteiger partial charge in [0.25, 0.3) is 5.91 Å². The Morgan fingerprint density at radius 1 is 1.38 bits per heavy atom. The van der Waals surface area contributed by atoms with Gasteiger partial charge in [-0.3, -0.25) is 14.8 Å². The summed E-state index contributed by atoms with van der Waals surface area (Å²) in [6.45, 7) is 7.17. The van der Waals surface area contributed by atoms with E-state index < -0.39 is 0 Å². The SMILES string of the molecule is CCCOc1nn(CCC)cc1C(=O)Nc1nnc(C)s1. The van der Waals surface area contributed by atoms with Crippen molar-refractivity contribution in [1.29, 1.82) is 0 Å². The van der Waals surface area contributed by atoms with E-state index in [-0.39, 0.29) is 5.91 Å². The lowest BCUT2D eigenvalue weighted by molar-refractivity contribution is 0.102. The topological polar surface area (TPSA) is 81.9 Å². The molecule has 7 nitrogen and oxygen atoms in total. The first-order chi connectivity index (χ1) is 10.1. The van der Waals surface area contributed by atoms with E-state index in [9.17, 15) is 4.79 Å². The smallest absolute Gasteiger partial charge is 0.264 e. The van der Waals surface area contributed by atoms with E-state index in [0.29, 0.717) is 23.2 Å². The van der Waals surface area contributed by atoms with Crippen LogP contribution < -0.4 is 10.1 Å². The lowest BCUT2D eigenvalue weighted by Crippen LogP contribution is -2.12. The van der Waals surface area contributed by atoms with Crippen molar-refractivity contribution in [2.24, 2.45) is 0 Å². The molecule has 0 aliphatic carbocycles. The molecule has 1 amide bonds. The van der Waals surface area contributed by atoms with Gasteiger partial charge in [-0.15, -0.1) is 15.3 Å². The summed E-state index contributed by atoms with van der Waals surface area (Å²) in [5.41, 5.74) is 0.421. The van der Waals surface area contributed by atoms with Crippen molar-refractivity contribution in [2.45, 2.75) is 40.2 Å². The zero-order valence-corrected chi connectivity index (χ0v) is 13.2. The minimum absolute atomic E-state index is 0.278. The second-order valence-corrected chi connectivity index (χ2v) is 5.72. The molecule has 0 saturated carbocycles. The van der Waals surface area contributed by atoms with Crippen molar-refractivity contribution in [2.75, 3.05) is 11.9 Å². The lowest BCUT2D eigenvalue weighted by Gasteiger charge is -2.03. The van der Waals surface area contributed by atoms with Crippen molar-refractivity contribution in [1.82, 2.24) is 20.0 Å². The summed E-state index contributed by atoms with van der Waals surface area (Å²) in [4.78, 5) is 12.3. The van der Waals surface area contributed by atoms with E-state index >= 15 is 0 Å². The second-order valence-electron chi connectivity index (χ2n) is 4.54. The number of ether oxygens (including phenoxy) is 1. The number of carbonyl (C=O) groups excluding carboxylic acids is 1. The lowest BCUT2D eigenvalue weighted by atomic mass is 10.3. The maximum atomic E-state index is 12.3. The van der Waals surface area contributed by atoms with Gasteiger partial charge >= 0.3 is 0 Å². The van der Waals surface area contributed by atoms with Crippen LogP contribution >= 0.6 is 11.3 Å². The minimum Gasteiger partial charge on any atom is -0.476 e. The molecule has 0 unspecified atom stereocenters. The van der Waals surface area contributed by atoms with Gasteiger partial charge in [0.05, 0.1) is 6.61 Å². The van der Waals surface area contributed by atoms with Gasteiger partial charge in [-0.1, -0.05) is 25.2 Å². The molecule has 2 aromatic heterocycles. The molecule has 0 atom stereocenters. The van der Waals surface area contributed by atoms with Gasteiger partial charge < -0.3 is 4.74 Å². The number of hydrogen-bond acceptors (Lipinski definition) is 6. The summed E-state index contributed by atoms with van der Waals surface area (Å²) in [7, 11) is 0.